The quantitative estimate of drug-likeness (QED) is 0.761. The second-order valence-corrected chi connectivity index (χ2v) is 4.09. The third kappa shape index (κ3) is 2.23. The van der Waals surface area contributed by atoms with Gasteiger partial charge in [0.05, 0.1) is 5.69 Å². The van der Waals surface area contributed by atoms with Gasteiger partial charge in [0.1, 0.15) is 6.33 Å². The van der Waals surface area contributed by atoms with Crippen molar-refractivity contribution in [2.24, 2.45) is 0 Å². The van der Waals surface area contributed by atoms with E-state index in [-0.39, 0.29) is 5.88 Å². The van der Waals surface area contributed by atoms with Gasteiger partial charge in [-0.2, -0.15) is 9.67 Å². The van der Waals surface area contributed by atoms with Crippen molar-refractivity contribution in [3.8, 4) is 23.0 Å². The van der Waals surface area contributed by atoms with Crippen LogP contribution in [-0.4, -0.2) is 35.3 Å². The van der Waals surface area contributed by atoms with E-state index in [1.54, 1.807) is 18.2 Å². The standard InChI is InChI=1S/C11H7ClN6O/c12-7-1-2-9(18-6-14-16-17-18)8(5-7)11-13-4-3-10(19)15-11/h1-6H,(H,13,15,19). The average Bonchev–Trinajstić information content (AvgIpc) is 2.92. The molecule has 3 rings (SSSR count). The van der Waals surface area contributed by atoms with E-state index >= 15 is 0 Å². The van der Waals surface area contributed by atoms with Crippen molar-refractivity contribution >= 4 is 11.6 Å². The molecule has 0 atom stereocenters. The second-order valence-electron chi connectivity index (χ2n) is 3.65. The normalized spacial score (nSPS) is 10.6. The van der Waals surface area contributed by atoms with Crippen LogP contribution in [-0.2, 0) is 0 Å². The van der Waals surface area contributed by atoms with Gasteiger partial charge in [-0.25, -0.2) is 4.98 Å². The number of hydrogen-bond acceptors (Lipinski definition) is 6. The summed E-state index contributed by atoms with van der Waals surface area (Å²) >= 11 is 5.99. The number of hydrogen-bond donors (Lipinski definition) is 1. The van der Waals surface area contributed by atoms with Gasteiger partial charge in [0, 0.05) is 22.8 Å². The molecule has 0 aliphatic heterocycles. The van der Waals surface area contributed by atoms with E-state index in [4.69, 9.17) is 11.6 Å². The molecule has 1 aromatic carbocycles. The van der Waals surface area contributed by atoms with Gasteiger partial charge >= 0.3 is 0 Å². The Bertz CT molecular complexity index is 715. The van der Waals surface area contributed by atoms with Crippen LogP contribution in [0.1, 0.15) is 0 Å². The van der Waals surface area contributed by atoms with Crippen LogP contribution in [0.15, 0.2) is 36.8 Å². The minimum absolute atomic E-state index is 0.118. The predicted molar refractivity (Wildman–Crippen MR) is 66.9 cm³/mol. The lowest BCUT2D eigenvalue weighted by Gasteiger charge is -2.07. The van der Waals surface area contributed by atoms with Gasteiger partial charge in [-0.15, -0.1) is 5.10 Å². The minimum atomic E-state index is -0.118. The van der Waals surface area contributed by atoms with Crippen molar-refractivity contribution in [2.75, 3.05) is 0 Å². The second kappa shape index (κ2) is 4.62. The Morgan fingerprint density at radius 1 is 1.21 bits per heavy atom. The summed E-state index contributed by atoms with van der Waals surface area (Å²) in [6.45, 7) is 0. The average molecular weight is 275 g/mol. The molecular formula is C11H7ClN6O. The first kappa shape index (κ1) is 11.5. The lowest BCUT2D eigenvalue weighted by atomic mass is 10.1. The molecular weight excluding hydrogens is 268 g/mol. The SMILES string of the molecule is Oc1ccnc(-c2cc(Cl)ccc2-n2cnnn2)n1. The van der Waals surface area contributed by atoms with Crippen molar-refractivity contribution in [1.29, 1.82) is 0 Å². The lowest BCUT2D eigenvalue weighted by molar-refractivity contribution is 0.453. The van der Waals surface area contributed by atoms with Crippen molar-refractivity contribution in [3.05, 3.63) is 41.8 Å². The van der Waals surface area contributed by atoms with Crippen LogP contribution in [0.2, 0.25) is 5.02 Å². The van der Waals surface area contributed by atoms with E-state index in [0.29, 0.717) is 22.1 Å². The number of halogens is 1. The Hall–Kier alpha value is -2.54. The fraction of sp³-hybridized carbons (Fsp3) is 0. The summed E-state index contributed by atoms with van der Waals surface area (Å²) in [5.74, 6) is 0.223. The van der Waals surface area contributed by atoms with E-state index in [1.165, 1.54) is 23.3 Å². The highest BCUT2D eigenvalue weighted by Gasteiger charge is 2.12. The summed E-state index contributed by atoms with van der Waals surface area (Å²) in [6, 6.07) is 6.55. The van der Waals surface area contributed by atoms with Gasteiger partial charge in [-0.3, -0.25) is 0 Å². The number of rotatable bonds is 2. The zero-order valence-electron chi connectivity index (χ0n) is 9.47. The van der Waals surface area contributed by atoms with Crippen LogP contribution in [0.5, 0.6) is 5.88 Å². The molecule has 2 heterocycles. The Kier molecular flexibility index (Phi) is 2.81. The van der Waals surface area contributed by atoms with Crippen LogP contribution in [0, 0.1) is 0 Å². The van der Waals surface area contributed by atoms with Crippen LogP contribution in [0.3, 0.4) is 0 Å². The Morgan fingerprint density at radius 3 is 2.84 bits per heavy atom. The molecule has 0 amide bonds. The number of tetrazole rings is 1. The van der Waals surface area contributed by atoms with Gasteiger partial charge in [0.2, 0.25) is 5.88 Å². The van der Waals surface area contributed by atoms with E-state index in [9.17, 15) is 5.11 Å². The molecule has 19 heavy (non-hydrogen) atoms. The maximum atomic E-state index is 9.43. The van der Waals surface area contributed by atoms with Gasteiger partial charge in [-0.1, -0.05) is 11.6 Å². The predicted octanol–water partition coefficient (Wildman–Crippen LogP) is 1.48. The van der Waals surface area contributed by atoms with Crippen molar-refractivity contribution in [2.45, 2.75) is 0 Å². The summed E-state index contributed by atoms with van der Waals surface area (Å²) in [5, 5.41) is 20.9. The number of benzene rings is 1. The van der Waals surface area contributed by atoms with E-state index in [2.05, 4.69) is 25.5 Å². The van der Waals surface area contributed by atoms with E-state index in [1.807, 2.05) is 0 Å². The molecule has 1 N–H and O–H groups in total. The zero-order valence-corrected chi connectivity index (χ0v) is 10.2. The maximum Gasteiger partial charge on any atom is 0.214 e. The Labute approximate surface area is 112 Å². The largest absolute Gasteiger partial charge is 0.493 e. The van der Waals surface area contributed by atoms with Crippen LogP contribution < -0.4 is 0 Å². The van der Waals surface area contributed by atoms with Gasteiger partial charge < -0.3 is 5.11 Å². The monoisotopic (exact) mass is 274 g/mol. The van der Waals surface area contributed by atoms with Crippen LogP contribution >= 0.6 is 11.6 Å². The lowest BCUT2D eigenvalue weighted by Crippen LogP contribution is -2.00. The summed E-state index contributed by atoms with van der Waals surface area (Å²) in [5.41, 5.74) is 1.29. The molecule has 0 bridgehead atoms. The maximum absolute atomic E-state index is 9.43. The van der Waals surface area contributed by atoms with Crippen molar-refractivity contribution < 1.29 is 5.11 Å². The topological polar surface area (TPSA) is 89.6 Å². The molecule has 0 saturated carbocycles. The molecule has 3 aromatic rings. The fourth-order valence-corrected chi connectivity index (χ4v) is 1.81. The highest BCUT2D eigenvalue weighted by molar-refractivity contribution is 6.31. The first-order valence-electron chi connectivity index (χ1n) is 5.29. The highest BCUT2D eigenvalue weighted by Crippen LogP contribution is 2.27. The van der Waals surface area contributed by atoms with E-state index in [0.717, 1.165) is 0 Å². The molecule has 0 spiro atoms. The van der Waals surface area contributed by atoms with Crippen LogP contribution in [0.4, 0.5) is 0 Å². The molecule has 7 nitrogen and oxygen atoms in total. The molecule has 94 valence electrons. The Balaban J connectivity index is 2.22. The third-order valence-electron chi connectivity index (χ3n) is 2.44. The zero-order chi connectivity index (χ0) is 13.2. The first-order valence-corrected chi connectivity index (χ1v) is 5.67. The fourth-order valence-electron chi connectivity index (χ4n) is 1.64. The van der Waals surface area contributed by atoms with Gasteiger partial charge in [0.15, 0.2) is 5.82 Å². The van der Waals surface area contributed by atoms with Gasteiger partial charge in [-0.05, 0) is 28.6 Å². The number of nitrogens with zero attached hydrogens (tertiary/aromatic N) is 6. The van der Waals surface area contributed by atoms with Crippen molar-refractivity contribution in [1.82, 2.24) is 30.2 Å². The molecule has 0 saturated heterocycles. The smallest absolute Gasteiger partial charge is 0.214 e. The minimum Gasteiger partial charge on any atom is -0.493 e. The summed E-state index contributed by atoms with van der Waals surface area (Å²) in [7, 11) is 0. The molecule has 2 aromatic heterocycles. The molecule has 0 aliphatic rings. The van der Waals surface area contributed by atoms with E-state index < -0.39 is 0 Å². The third-order valence-corrected chi connectivity index (χ3v) is 2.67. The number of aromatic hydroxyl groups is 1. The molecule has 8 heteroatoms. The summed E-state index contributed by atoms with van der Waals surface area (Å²) in [6.07, 6.45) is 2.91. The van der Waals surface area contributed by atoms with Crippen LogP contribution in [0.25, 0.3) is 17.1 Å². The first-order chi connectivity index (χ1) is 9.24. The molecule has 0 fully saturated rings. The molecule has 0 radical (unpaired) electrons. The number of aromatic nitrogens is 6. The highest BCUT2D eigenvalue weighted by atomic mass is 35.5. The summed E-state index contributed by atoms with van der Waals surface area (Å²) < 4.78 is 1.47. The molecule has 0 unspecified atom stereocenters. The molecule has 0 aliphatic carbocycles. The van der Waals surface area contributed by atoms with Crippen molar-refractivity contribution in [3.63, 3.8) is 0 Å². The van der Waals surface area contributed by atoms with Gasteiger partial charge in [0.25, 0.3) is 0 Å². The summed E-state index contributed by atoms with van der Waals surface area (Å²) in [4.78, 5) is 8.07. The Morgan fingerprint density at radius 2 is 2.11 bits per heavy atom.